The standard InChI is InChI=1S/C19H14N4O2S/c24-17(25)11-12-5-8-14(9-6-12)23-18(21-22-19(23)26)16-10-7-13-3-1-2-4-15(13)20-16/h1-10H,11H2,(H,22,26)(H,24,25)/p-1. The van der Waals surface area contributed by atoms with E-state index in [1.54, 1.807) is 28.8 Å². The summed E-state index contributed by atoms with van der Waals surface area (Å²) in [5.74, 6) is -0.521. The number of rotatable bonds is 4. The zero-order valence-corrected chi connectivity index (χ0v) is 14.4. The van der Waals surface area contributed by atoms with Crippen molar-refractivity contribution in [3.05, 3.63) is 71.0 Å². The third kappa shape index (κ3) is 3.00. The number of para-hydroxylation sites is 1. The van der Waals surface area contributed by atoms with Gasteiger partial charge in [-0.05, 0) is 42.0 Å². The van der Waals surface area contributed by atoms with Crippen LogP contribution in [0.15, 0.2) is 60.7 Å². The predicted molar refractivity (Wildman–Crippen MR) is 98.2 cm³/mol. The summed E-state index contributed by atoms with van der Waals surface area (Å²) in [5, 5.41) is 18.9. The minimum absolute atomic E-state index is 0.129. The molecule has 4 rings (SSSR count). The molecule has 0 aliphatic rings. The van der Waals surface area contributed by atoms with E-state index in [1.165, 1.54) is 0 Å². The van der Waals surface area contributed by atoms with Gasteiger partial charge in [-0.3, -0.25) is 9.67 Å². The number of aromatic amines is 1. The quantitative estimate of drug-likeness (QED) is 0.564. The third-order valence-electron chi connectivity index (χ3n) is 4.04. The normalized spacial score (nSPS) is 10.9. The molecule has 0 aliphatic heterocycles. The lowest BCUT2D eigenvalue weighted by molar-refractivity contribution is -0.304. The molecule has 0 aliphatic carbocycles. The van der Waals surface area contributed by atoms with Gasteiger partial charge < -0.3 is 9.90 Å². The molecular weight excluding hydrogens is 348 g/mol. The fourth-order valence-electron chi connectivity index (χ4n) is 2.83. The van der Waals surface area contributed by atoms with Crippen LogP contribution >= 0.6 is 12.2 Å². The van der Waals surface area contributed by atoms with E-state index in [0.717, 1.165) is 16.6 Å². The highest BCUT2D eigenvalue weighted by Gasteiger charge is 2.12. The minimum Gasteiger partial charge on any atom is -0.550 e. The van der Waals surface area contributed by atoms with Gasteiger partial charge in [0.2, 0.25) is 0 Å². The average Bonchev–Trinajstić information content (AvgIpc) is 3.03. The number of nitrogens with one attached hydrogen (secondary N) is 1. The molecule has 0 unspecified atom stereocenters. The number of carbonyl (C=O) groups excluding carboxylic acids is 1. The maximum atomic E-state index is 10.7. The second kappa shape index (κ2) is 6.53. The lowest BCUT2D eigenvalue weighted by atomic mass is 10.1. The number of aromatic nitrogens is 4. The molecule has 0 radical (unpaired) electrons. The monoisotopic (exact) mass is 361 g/mol. The van der Waals surface area contributed by atoms with Crippen LogP contribution in [0.5, 0.6) is 0 Å². The number of fused-ring (bicyclic) bond motifs is 1. The number of hydrogen-bond donors (Lipinski definition) is 1. The molecule has 2 aromatic carbocycles. The Labute approximate surface area is 153 Å². The number of nitrogens with zero attached hydrogens (tertiary/aromatic N) is 3. The van der Waals surface area contributed by atoms with Gasteiger partial charge in [-0.25, -0.2) is 4.98 Å². The Hall–Kier alpha value is -3.32. The molecule has 2 aromatic heterocycles. The molecule has 0 bridgehead atoms. The average molecular weight is 361 g/mol. The molecule has 0 atom stereocenters. The molecule has 6 nitrogen and oxygen atoms in total. The van der Waals surface area contributed by atoms with Gasteiger partial charge in [0, 0.05) is 17.8 Å². The number of carbonyl (C=O) groups is 1. The SMILES string of the molecule is O=C([O-])Cc1ccc(-n2c(-c3ccc4ccccc4n3)n[nH]c2=S)cc1. The molecule has 0 amide bonds. The van der Waals surface area contributed by atoms with Gasteiger partial charge in [0.1, 0.15) is 5.69 Å². The fraction of sp³-hybridized carbons (Fsp3) is 0.0526. The molecule has 0 fully saturated rings. The van der Waals surface area contributed by atoms with Crippen molar-refractivity contribution in [1.29, 1.82) is 0 Å². The molecule has 1 N–H and O–H groups in total. The Morgan fingerprint density at radius 3 is 2.62 bits per heavy atom. The maximum Gasteiger partial charge on any atom is 0.200 e. The van der Waals surface area contributed by atoms with Gasteiger partial charge >= 0.3 is 0 Å². The molecule has 2 heterocycles. The Kier molecular flexibility index (Phi) is 4.06. The fourth-order valence-corrected chi connectivity index (χ4v) is 3.07. The van der Waals surface area contributed by atoms with E-state index in [2.05, 4.69) is 15.2 Å². The molecule has 4 aromatic rings. The van der Waals surface area contributed by atoms with E-state index in [1.807, 2.05) is 36.4 Å². The molecule has 128 valence electrons. The summed E-state index contributed by atoms with van der Waals surface area (Å²) in [4.78, 5) is 15.4. The second-order valence-corrected chi connectivity index (χ2v) is 6.18. The zero-order chi connectivity index (χ0) is 18.1. The van der Waals surface area contributed by atoms with Gasteiger partial charge in [0.15, 0.2) is 10.6 Å². The highest BCUT2D eigenvalue weighted by Crippen LogP contribution is 2.23. The number of benzene rings is 2. The van der Waals surface area contributed by atoms with Crippen molar-refractivity contribution in [2.45, 2.75) is 6.42 Å². The summed E-state index contributed by atoms with van der Waals surface area (Å²) in [7, 11) is 0. The van der Waals surface area contributed by atoms with E-state index < -0.39 is 5.97 Å². The lowest BCUT2D eigenvalue weighted by Gasteiger charge is -2.09. The molecule has 0 spiro atoms. The largest absolute Gasteiger partial charge is 0.550 e. The van der Waals surface area contributed by atoms with Crippen molar-refractivity contribution in [1.82, 2.24) is 19.7 Å². The zero-order valence-electron chi connectivity index (χ0n) is 13.5. The van der Waals surface area contributed by atoms with Crippen molar-refractivity contribution >= 4 is 29.1 Å². The molecular formula is C19H13N4O2S-. The number of carboxylic acid groups (broad SMARTS) is 1. The van der Waals surface area contributed by atoms with Crippen molar-refractivity contribution in [3.63, 3.8) is 0 Å². The van der Waals surface area contributed by atoms with E-state index in [9.17, 15) is 9.90 Å². The van der Waals surface area contributed by atoms with Crippen LogP contribution < -0.4 is 5.11 Å². The van der Waals surface area contributed by atoms with Crippen molar-refractivity contribution in [2.24, 2.45) is 0 Å². The summed E-state index contributed by atoms with van der Waals surface area (Å²) in [6, 6.07) is 18.8. The highest BCUT2D eigenvalue weighted by atomic mass is 32.1. The van der Waals surface area contributed by atoms with Crippen LogP contribution in [0.2, 0.25) is 0 Å². The van der Waals surface area contributed by atoms with Crippen LogP contribution in [-0.2, 0) is 11.2 Å². The lowest BCUT2D eigenvalue weighted by Crippen LogP contribution is -2.24. The Balaban J connectivity index is 1.79. The maximum absolute atomic E-state index is 10.7. The van der Waals surface area contributed by atoms with E-state index in [-0.39, 0.29) is 6.42 Å². The van der Waals surface area contributed by atoms with E-state index >= 15 is 0 Å². The van der Waals surface area contributed by atoms with Crippen LogP contribution in [-0.4, -0.2) is 25.7 Å². The first-order valence-electron chi connectivity index (χ1n) is 7.94. The number of aliphatic carboxylic acids is 1. The van der Waals surface area contributed by atoms with Crippen LogP contribution in [0, 0.1) is 4.77 Å². The Morgan fingerprint density at radius 1 is 1.08 bits per heavy atom. The van der Waals surface area contributed by atoms with Crippen molar-refractivity contribution < 1.29 is 9.90 Å². The summed E-state index contributed by atoms with van der Waals surface area (Å²) >= 11 is 5.37. The van der Waals surface area contributed by atoms with Crippen molar-refractivity contribution in [2.75, 3.05) is 0 Å². The molecule has 7 heteroatoms. The summed E-state index contributed by atoms with van der Waals surface area (Å²) < 4.78 is 2.21. The Bertz CT molecular complexity index is 1160. The van der Waals surface area contributed by atoms with Crippen LogP contribution in [0.1, 0.15) is 5.56 Å². The van der Waals surface area contributed by atoms with Gasteiger partial charge in [-0.2, -0.15) is 5.10 Å². The van der Waals surface area contributed by atoms with Gasteiger partial charge in [0.25, 0.3) is 0 Å². The second-order valence-electron chi connectivity index (χ2n) is 5.79. The number of pyridine rings is 1. The van der Waals surface area contributed by atoms with E-state index in [0.29, 0.717) is 21.9 Å². The topological polar surface area (TPSA) is 86.6 Å². The summed E-state index contributed by atoms with van der Waals surface area (Å²) in [6.07, 6.45) is -0.129. The molecule has 26 heavy (non-hydrogen) atoms. The van der Waals surface area contributed by atoms with Gasteiger partial charge in [-0.15, -0.1) is 0 Å². The van der Waals surface area contributed by atoms with Crippen molar-refractivity contribution in [3.8, 4) is 17.2 Å². The summed E-state index contributed by atoms with van der Waals surface area (Å²) in [6.45, 7) is 0. The first-order valence-corrected chi connectivity index (χ1v) is 8.35. The first-order chi connectivity index (χ1) is 12.6. The van der Waals surface area contributed by atoms with Crippen LogP contribution in [0.25, 0.3) is 28.1 Å². The highest BCUT2D eigenvalue weighted by molar-refractivity contribution is 7.71. The Morgan fingerprint density at radius 2 is 1.85 bits per heavy atom. The van der Waals surface area contributed by atoms with Gasteiger partial charge in [-0.1, -0.05) is 36.4 Å². The number of carboxylic acids is 1. The van der Waals surface area contributed by atoms with Crippen LogP contribution in [0.3, 0.4) is 0 Å². The number of H-pyrrole nitrogens is 1. The molecule has 0 saturated heterocycles. The summed E-state index contributed by atoms with van der Waals surface area (Å²) in [5.41, 5.74) is 2.99. The van der Waals surface area contributed by atoms with Gasteiger partial charge in [0.05, 0.1) is 11.2 Å². The minimum atomic E-state index is -1.11. The first kappa shape index (κ1) is 16.2. The predicted octanol–water partition coefficient (Wildman–Crippen LogP) is 2.44. The third-order valence-corrected chi connectivity index (χ3v) is 4.32. The molecule has 0 saturated carbocycles. The van der Waals surface area contributed by atoms with Crippen LogP contribution in [0.4, 0.5) is 0 Å². The van der Waals surface area contributed by atoms with E-state index in [4.69, 9.17) is 12.2 Å². The number of hydrogen-bond acceptors (Lipinski definition) is 5. The smallest absolute Gasteiger partial charge is 0.200 e.